The number of nitrogens with zero attached hydrogens (tertiary/aromatic N) is 4. The predicted octanol–water partition coefficient (Wildman–Crippen LogP) is 1.50. The molecule has 246 valence electrons. The molecule has 2 aliphatic heterocycles. The summed E-state index contributed by atoms with van der Waals surface area (Å²) in [5, 5.41) is 47.4. The number of carbonyl (C=O) groups is 4. The van der Waals surface area contributed by atoms with Gasteiger partial charge in [-0.1, -0.05) is 11.2 Å². The maximum absolute atomic E-state index is 13.1. The number of aromatic hydroxyl groups is 2. The standard InChI is InChI=1S/C30H24N6O10S2/c31-29-33-20(14-48-29)30(28(43)44,17-5-6-18(37)19(38)11-17)46-32-12-21(39)34-22-24(40)36-23(27(41)42)16(13-47-26(22)36)4-2-9-35-8-1-3-15-7-10-45-25(15)35/h1-8,10-12,14,22,26H,9,13H2,(H6-,31,32,33,34,37,38,39,41,42,43,44)/p+1/b4-2+/t22-,26+,30?/m0/s1. The van der Waals surface area contributed by atoms with Crippen LogP contribution >= 0.6 is 23.1 Å². The lowest BCUT2D eigenvalue weighted by molar-refractivity contribution is -0.667. The lowest BCUT2D eigenvalue weighted by Gasteiger charge is -2.49. The molecule has 7 N–H and O–H groups in total. The molecule has 18 heteroatoms. The normalized spacial score (nSPS) is 18.9. The number of furan rings is 1. The fourth-order valence-electron chi connectivity index (χ4n) is 5.27. The van der Waals surface area contributed by atoms with Crippen LogP contribution in [0.2, 0.25) is 0 Å². The van der Waals surface area contributed by atoms with E-state index in [1.807, 2.05) is 29.0 Å². The Labute approximate surface area is 278 Å². The lowest BCUT2D eigenvalue weighted by atomic mass is 9.90. The number of hydrogen-bond donors (Lipinski definition) is 6. The zero-order valence-corrected chi connectivity index (χ0v) is 26.1. The molecule has 0 spiro atoms. The molecule has 0 saturated carbocycles. The Morgan fingerprint density at radius 1 is 1.23 bits per heavy atom. The molecule has 0 radical (unpaired) electrons. The van der Waals surface area contributed by atoms with Crippen LogP contribution in [-0.2, 0) is 36.2 Å². The molecule has 4 aromatic rings. The molecule has 3 atom stereocenters. The van der Waals surface area contributed by atoms with Crippen molar-refractivity contribution < 1.29 is 53.4 Å². The fourth-order valence-corrected chi connectivity index (χ4v) is 7.19. The van der Waals surface area contributed by atoms with Gasteiger partial charge in [-0.2, -0.15) is 4.57 Å². The smallest absolute Gasteiger partial charge is 0.380 e. The molecule has 5 heterocycles. The highest BCUT2D eigenvalue weighted by molar-refractivity contribution is 8.00. The number of hydrogen-bond acceptors (Lipinski definition) is 13. The first-order valence-electron chi connectivity index (χ1n) is 13.9. The summed E-state index contributed by atoms with van der Waals surface area (Å²) in [6, 6.07) is 7.62. The van der Waals surface area contributed by atoms with Crippen LogP contribution in [0.5, 0.6) is 11.5 Å². The summed E-state index contributed by atoms with van der Waals surface area (Å²) in [7, 11) is 0. The second-order valence-electron chi connectivity index (χ2n) is 10.4. The van der Waals surface area contributed by atoms with E-state index in [0.717, 1.165) is 39.8 Å². The van der Waals surface area contributed by atoms with Gasteiger partial charge in [0.1, 0.15) is 29.0 Å². The topological polar surface area (TPSA) is 242 Å². The number of carboxylic acids is 2. The zero-order chi connectivity index (χ0) is 34.2. The van der Waals surface area contributed by atoms with Gasteiger partial charge in [0.05, 0.1) is 11.6 Å². The number of phenolic OH excluding ortho intramolecular Hbond substituents is 2. The SMILES string of the molecule is Nc1nc(C(O/N=C\C(=O)N[C@H]2C(=O)N3C(C(=O)O)=C(/C=C/C[n+]4cccc5ccoc54)CS[C@H]23)(C(=O)O)c2ccc(O)c(O)c2)cs1. The summed E-state index contributed by atoms with van der Waals surface area (Å²) in [5.41, 5.74) is 3.65. The zero-order valence-electron chi connectivity index (χ0n) is 24.4. The number of thiazole rings is 1. The molecule has 3 aromatic heterocycles. The quantitative estimate of drug-likeness (QED) is 0.0430. The first-order chi connectivity index (χ1) is 23.0. The Balaban J connectivity index is 1.16. The van der Waals surface area contributed by atoms with Crippen molar-refractivity contribution >= 4 is 69.3 Å². The van der Waals surface area contributed by atoms with Crippen LogP contribution in [-0.4, -0.2) is 77.4 Å². The van der Waals surface area contributed by atoms with E-state index >= 15 is 0 Å². The van der Waals surface area contributed by atoms with Gasteiger partial charge in [0.2, 0.25) is 0 Å². The summed E-state index contributed by atoms with van der Waals surface area (Å²) >= 11 is 2.16. The Bertz CT molecular complexity index is 2060. The summed E-state index contributed by atoms with van der Waals surface area (Å²) in [4.78, 5) is 61.2. The van der Waals surface area contributed by atoms with Crippen LogP contribution in [0.15, 0.2) is 87.2 Å². The van der Waals surface area contributed by atoms with E-state index in [1.54, 1.807) is 18.4 Å². The summed E-state index contributed by atoms with van der Waals surface area (Å²) in [5.74, 6) is -5.47. The van der Waals surface area contributed by atoms with Gasteiger partial charge in [0, 0.05) is 22.8 Å². The van der Waals surface area contributed by atoms with E-state index in [2.05, 4.69) is 15.5 Å². The largest absolute Gasteiger partial charge is 0.504 e. The number of pyridine rings is 1. The third-order valence-corrected chi connectivity index (χ3v) is 9.50. The van der Waals surface area contributed by atoms with E-state index in [9.17, 15) is 39.6 Å². The fraction of sp³-hybridized carbons (Fsp3) is 0.167. The number of fused-ring (bicyclic) bond motifs is 2. The molecule has 1 aromatic carbocycles. The van der Waals surface area contributed by atoms with Gasteiger partial charge in [-0.25, -0.2) is 14.6 Å². The highest BCUT2D eigenvalue weighted by Crippen LogP contribution is 2.41. The Kier molecular flexibility index (Phi) is 8.50. The van der Waals surface area contributed by atoms with E-state index in [-0.39, 0.29) is 27.8 Å². The number of rotatable bonds is 11. The maximum atomic E-state index is 13.1. The van der Waals surface area contributed by atoms with Gasteiger partial charge in [-0.15, -0.1) is 23.1 Å². The number of nitrogens with one attached hydrogen (secondary N) is 1. The number of oxime groups is 1. The first kappa shape index (κ1) is 32.1. The van der Waals surface area contributed by atoms with Crippen molar-refractivity contribution in [3.63, 3.8) is 0 Å². The minimum atomic E-state index is -2.49. The number of nitrogen functional groups attached to an aromatic ring is 1. The number of amides is 2. The van der Waals surface area contributed by atoms with Gasteiger partial charge in [0.25, 0.3) is 11.8 Å². The van der Waals surface area contributed by atoms with Crippen LogP contribution in [0.25, 0.3) is 11.1 Å². The summed E-state index contributed by atoms with van der Waals surface area (Å²) in [6.45, 7) is 0.385. The molecular weight excluding hydrogens is 668 g/mol. The van der Waals surface area contributed by atoms with Gasteiger partial charge in [-0.05, 0) is 42.0 Å². The number of thioether (sulfide) groups is 1. The Morgan fingerprint density at radius 2 is 2.04 bits per heavy atom. The molecule has 2 amide bonds. The van der Waals surface area contributed by atoms with Crippen LogP contribution in [0, 0.1) is 0 Å². The van der Waals surface area contributed by atoms with Gasteiger partial charge in [-0.3, -0.25) is 14.5 Å². The second-order valence-corrected chi connectivity index (χ2v) is 12.4. The van der Waals surface area contributed by atoms with E-state index in [1.165, 1.54) is 17.1 Å². The molecule has 1 unspecified atom stereocenters. The second kappa shape index (κ2) is 12.7. The minimum Gasteiger partial charge on any atom is -0.504 e. The lowest BCUT2D eigenvalue weighted by Crippen LogP contribution is -2.70. The van der Waals surface area contributed by atoms with Crippen molar-refractivity contribution in [1.29, 1.82) is 0 Å². The molecule has 6 rings (SSSR count). The van der Waals surface area contributed by atoms with Crippen molar-refractivity contribution in [3.05, 3.63) is 88.9 Å². The van der Waals surface area contributed by atoms with Crippen molar-refractivity contribution in [3.8, 4) is 11.5 Å². The number of benzene rings is 1. The van der Waals surface area contributed by atoms with E-state index in [4.69, 9.17) is 15.0 Å². The van der Waals surface area contributed by atoms with Crippen LogP contribution in [0.1, 0.15) is 11.3 Å². The number of carbonyl (C=O) groups excluding carboxylic acids is 2. The molecule has 1 fully saturated rings. The highest BCUT2D eigenvalue weighted by Gasteiger charge is 2.54. The molecular formula is C30H25N6O10S2+. The molecule has 2 aliphatic rings. The third kappa shape index (κ3) is 5.66. The van der Waals surface area contributed by atoms with Crippen molar-refractivity contribution in [2.45, 2.75) is 23.6 Å². The number of allylic oxidation sites excluding steroid dienone is 2. The number of carboxylic acid groups (broad SMARTS) is 2. The van der Waals surface area contributed by atoms with Crippen LogP contribution < -0.4 is 15.6 Å². The average molecular weight is 694 g/mol. The molecule has 0 bridgehead atoms. The summed E-state index contributed by atoms with van der Waals surface area (Å²) < 4.78 is 7.36. The van der Waals surface area contributed by atoms with E-state index in [0.29, 0.717) is 24.0 Å². The summed E-state index contributed by atoms with van der Waals surface area (Å²) in [6.07, 6.45) is 7.41. The van der Waals surface area contributed by atoms with Gasteiger partial charge >= 0.3 is 23.3 Å². The van der Waals surface area contributed by atoms with Gasteiger partial charge in [0.15, 0.2) is 29.4 Å². The number of aliphatic carboxylic acids is 2. The third-order valence-electron chi connectivity index (χ3n) is 7.52. The first-order valence-corrected chi connectivity index (χ1v) is 15.9. The number of nitrogens with two attached hydrogens (primary N) is 1. The number of aromatic nitrogens is 2. The molecule has 16 nitrogen and oxygen atoms in total. The van der Waals surface area contributed by atoms with E-state index < -0.39 is 52.3 Å². The Hall–Kier alpha value is -5.88. The Morgan fingerprint density at radius 3 is 2.75 bits per heavy atom. The van der Waals surface area contributed by atoms with Crippen molar-refractivity contribution in [2.24, 2.45) is 5.16 Å². The average Bonchev–Trinajstić information content (AvgIpc) is 3.72. The molecule has 0 aliphatic carbocycles. The van der Waals surface area contributed by atoms with Gasteiger partial charge < -0.3 is 40.7 Å². The van der Waals surface area contributed by atoms with Crippen molar-refractivity contribution in [2.75, 3.05) is 11.5 Å². The monoisotopic (exact) mass is 693 g/mol. The molecule has 48 heavy (non-hydrogen) atoms. The predicted molar refractivity (Wildman–Crippen MR) is 170 cm³/mol. The van der Waals surface area contributed by atoms with Crippen LogP contribution in [0.3, 0.4) is 0 Å². The number of phenols is 2. The minimum absolute atomic E-state index is 0.000746. The molecule has 1 saturated heterocycles. The number of β-lactam (4-membered cyclic amide) rings is 1. The number of anilines is 1. The van der Waals surface area contributed by atoms with Crippen LogP contribution in [0.4, 0.5) is 5.13 Å². The maximum Gasteiger partial charge on any atom is 0.380 e. The highest BCUT2D eigenvalue weighted by atomic mass is 32.2. The van der Waals surface area contributed by atoms with Crippen molar-refractivity contribution in [1.82, 2.24) is 15.2 Å².